The summed E-state index contributed by atoms with van der Waals surface area (Å²) >= 11 is 0. The second-order valence-electron chi connectivity index (χ2n) is 14.3. The van der Waals surface area contributed by atoms with Crippen molar-refractivity contribution in [3.63, 3.8) is 0 Å². The zero-order chi connectivity index (χ0) is 28.6. The van der Waals surface area contributed by atoms with Crippen LogP contribution in [0.15, 0.2) is 0 Å². The van der Waals surface area contributed by atoms with E-state index < -0.39 is 0 Å². The Balaban J connectivity index is 2.26. The summed E-state index contributed by atoms with van der Waals surface area (Å²) in [4.78, 5) is 25.3. The number of esters is 2. The lowest BCUT2D eigenvalue weighted by atomic mass is 9.79. The monoisotopic (exact) mass is 536 g/mol. The van der Waals surface area contributed by atoms with Crippen LogP contribution in [0.2, 0.25) is 0 Å². The van der Waals surface area contributed by atoms with Crippen molar-refractivity contribution in [2.45, 2.75) is 158 Å². The molecule has 0 heterocycles. The third-order valence-electron chi connectivity index (χ3n) is 8.84. The standard InChI is InChI=1S/C34H64O4/c1-9-11-13-15-27(3)25-33(5,6)21-23-37-31(35)29-17-19-30(20-18-29)32(36)38-24-22-34(7,8)26-28(4)16-14-12-10-2/h27-30H,9-26H2,1-8H3. The Morgan fingerprint density at radius 2 is 1.00 bits per heavy atom. The third-order valence-corrected chi connectivity index (χ3v) is 8.84. The van der Waals surface area contributed by atoms with Gasteiger partial charge in [0, 0.05) is 0 Å². The first-order chi connectivity index (χ1) is 17.9. The number of rotatable bonds is 20. The third kappa shape index (κ3) is 15.5. The molecule has 38 heavy (non-hydrogen) atoms. The van der Waals surface area contributed by atoms with Crippen LogP contribution in [-0.4, -0.2) is 25.2 Å². The highest BCUT2D eigenvalue weighted by molar-refractivity contribution is 5.75. The van der Waals surface area contributed by atoms with E-state index in [1.807, 2.05) is 0 Å². The molecule has 0 radical (unpaired) electrons. The molecule has 1 aliphatic rings. The zero-order valence-electron chi connectivity index (χ0n) is 26.7. The molecule has 4 nitrogen and oxygen atoms in total. The maximum absolute atomic E-state index is 12.7. The summed E-state index contributed by atoms with van der Waals surface area (Å²) in [6.07, 6.45) is 17.5. The number of hydrogen-bond acceptors (Lipinski definition) is 4. The van der Waals surface area contributed by atoms with Gasteiger partial charge in [0.25, 0.3) is 0 Å². The fraction of sp³-hybridized carbons (Fsp3) is 0.941. The van der Waals surface area contributed by atoms with Crippen molar-refractivity contribution in [1.29, 1.82) is 0 Å². The number of hydrogen-bond donors (Lipinski definition) is 0. The molecule has 224 valence electrons. The van der Waals surface area contributed by atoms with E-state index in [0.29, 0.717) is 25.0 Å². The number of unbranched alkanes of at least 4 members (excludes halogenated alkanes) is 4. The largest absolute Gasteiger partial charge is 0.465 e. The van der Waals surface area contributed by atoms with Crippen molar-refractivity contribution in [3.8, 4) is 0 Å². The summed E-state index contributed by atoms with van der Waals surface area (Å²) in [5.41, 5.74) is 0.379. The molecular formula is C34H64O4. The summed E-state index contributed by atoms with van der Waals surface area (Å²) in [6.45, 7) is 19.4. The molecule has 0 amide bonds. The van der Waals surface area contributed by atoms with Crippen LogP contribution in [0.4, 0.5) is 0 Å². The van der Waals surface area contributed by atoms with E-state index in [4.69, 9.17) is 9.47 Å². The molecule has 2 atom stereocenters. The van der Waals surface area contributed by atoms with Crippen LogP contribution in [0.25, 0.3) is 0 Å². The smallest absolute Gasteiger partial charge is 0.308 e. The fourth-order valence-electron chi connectivity index (χ4n) is 6.44. The van der Waals surface area contributed by atoms with E-state index >= 15 is 0 Å². The maximum atomic E-state index is 12.7. The second-order valence-corrected chi connectivity index (χ2v) is 14.3. The molecule has 4 heteroatoms. The highest BCUT2D eigenvalue weighted by Crippen LogP contribution is 2.34. The van der Waals surface area contributed by atoms with Crippen molar-refractivity contribution < 1.29 is 19.1 Å². The average molecular weight is 537 g/mol. The van der Waals surface area contributed by atoms with Gasteiger partial charge in [0.15, 0.2) is 0 Å². The van der Waals surface area contributed by atoms with Crippen LogP contribution >= 0.6 is 0 Å². The number of ether oxygens (including phenoxy) is 2. The molecule has 0 aromatic heterocycles. The summed E-state index contributed by atoms with van der Waals surface area (Å²) in [5.74, 6) is 1.16. The topological polar surface area (TPSA) is 52.6 Å². The molecular weight excluding hydrogens is 472 g/mol. The molecule has 1 aliphatic carbocycles. The Hall–Kier alpha value is -1.06. The van der Waals surface area contributed by atoms with Gasteiger partial charge in [0.05, 0.1) is 25.0 Å². The molecule has 1 fully saturated rings. The van der Waals surface area contributed by atoms with Gasteiger partial charge in [-0.05, 0) is 74.0 Å². The van der Waals surface area contributed by atoms with Gasteiger partial charge in [-0.1, -0.05) is 107 Å². The highest BCUT2D eigenvalue weighted by atomic mass is 16.5. The molecule has 0 saturated heterocycles. The minimum absolute atomic E-state index is 0.0664. The van der Waals surface area contributed by atoms with E-state index in [9.17, 15) is 9.59 Å². The Labute approximate surface area is 236 Å². The van der Waals surface area contributed by atoms with Crippen LogP contribution < -0.4 is 0 Å². The van der Waals surface area contributed by atoms with Crippen molar-refractivity contribution in [2.75, 3.05) is 13.2 Å². The Bertz CT molecular complexity index is 589. The van der Waals surface area contributed by atoms with Crippen LogP contribution in [0.5, 0.6) is 0 Å². The van der Waals surface area contributed by atoms with Gasteiger partial charge in [-0.15, -0.1) is 0 Å². The van der Waals surface area contributed by atoms with Gasteiger partial charge in [0.1, 0.15) is 0 Å². The molecule has 2 unspecified atom stereocenters. The predicted octanol–water partition coefficient (Wildman–Crippen LogP) is 9.92. The lowest BCUT2D eigenvalue weighted by Crippen LogP contribution is -2.29. The molecule has 1 rings (SSSR count). The van der Waals surface area contributed by atoms with E-state index in [1.165, 1.54) is 64.2 Å². The fourth-order valence-corrected chi connectivity index (χ4v) is 6.44. The van der Waals surface area contributed by atoms with E-state index in [0.717, 1.165) is 38.5 Å². The van der Waals surface area contributed by atoms with Crippen molar-refractivity contribution in [1.82, 2.24) is 0 Å². The lowest BCUT2D eigenvalue weighted by molar-refractivity contribution is -0.156. The van der Waals surface area contributed by atoms with Gasteiger partial charge in [-0.3, -0.25) is 9.59 Å². The van der Waals surface area contributed by atoms with Crippen LogP contribution in [0.1, 0.15) is 158 Å². The van der Waals surface area contributed by atoms with Crippen LogP contribution in [0.3, 0.4) is 0 Å². The van der Waals surface area contributed by atoms with Crippen molar-refractivity contribution >= 4 is 11.9 Å². The van der Waals surface area contributed by atoms with Gasteiger partial charge in [0.2, 0.25) is 0 Å². The van der Waals surface area contributed by atoms with Crippen LogP contribution in [0, 0.1) is 34.5 Å². The molecule has 0 aliphatic heterocycles. The van der Waals surface area contributed by atoms with E-state index in [-0.39, 0.29) is 34.6 Å². The molecule has 1 saturated carbocycles. The summed E-state index contributed by atoms with van der Waals surface area (Å²) in [5, 5.41) is 0. The van der Waals surface area contributed by atoms with Gasteiger partial charge >= 0.3 is 11.9 Å². The SMILES string of the molecule is CCCCCC(C)CC(C)(C)CCOC(=O)C1CCC(C(=O)OCCC(C)(C)CC(C)CCCCC)CC1. The minimum atomic E-state index is -0.0709. The normalized spacial score (nSPS) is 20.1. The highest BCUT2D eigenvalue weighted by Gasteiger charge is 2.32. The summed E-state index contributed by atoms with van der Waals surface area (Å²) < 4.78 is 11.4. The Kier molecular flexibility index (Phi) is 16.9. The van der Waals surface area contributed by atoms with Crippen molar-refractivity contribution in [3.05, 3.63) is 0 Å². The minimum Gasteiger partial charge on any atom is -0.465 e. The number of carbonyl (C=O) groups is 2. The summed E-state index contributed by atoms with van der Waals surface area (Å²) in [6, 6.07) is 0. The Morgan fingerprint density at radius 1 is 0.658 bits per heavy atom. The number of carbonyl (C=O) groups excluding carboxylic acids is 2. The predicted molar refractivity (Wildman–Crippen MR) is 160 cm³/mol. The zero-order valence-corrected chi connectivity index (χ0v) is 26.7. The van der Waals surface area contributed by atoms with Crippen LogP contribution in [-0.2, 0) is 19.1 Å². The molecule has 0 aromatic rings. The quantitative estimate of drug-likeness (QED) is 0.115. The first kappa shape index (κ1) is 35.0. The van der Waals surface area contributed by atoms with Gasteiger partial charge in [-0.2, -0.15) is 0 Å². The lowest BCUT2D eigenvalue weighted by Gasteiger charge is -2.30. The maximum Gasteiger partial charge on any atom is 0.308 e. The Morgan fingerprint density at radius 3 is 1.32 bits per heavy atom. The first-order valence-corrected chi connectivity index (χ1v) is 16.2. The molecule has 0 N–H and O–H groups in total. The molecule has 0 spiro atoms. The second kappa shape index (κ2) is 18.3. The van der Waals surface area contributed by atoms with Gasteiger partial charge < -0.3 is 9.47 Å². The van der Waals surface area contributed by atoms with Crippen molar-refractivity contribution in [2.24, 2.45) is 34.5 Å². The molecule has 0 aromatic carbocycles. The van der Waals surface area contributed by atoms with E-state index in [2.05, 4.69) is 55.4 Å². The first-order valence-electron chi connectivity index (χ1n) is 16.2. The molecule has 0 bridgehead atoms. The average Bonchev–Trinajstić information content (AvgIpc) is 2.83. The van der Waals surface area contributed by atoms with Gasteiger partial charge in [-0.25, -0.2) is 0 Å². The van der Waals surface area contributed by atoms with E-state index in [1.54, 1.807) is 0 Å². The summed E-state index contributed by atoms with van der Waals surface area (Å²) in [7, 11) is 0.